The number of carboxylic acids is 3. The third-order valence-corrected chi connectivity index (χ3v) is 20.2. The molecule has 0 bridgehead atoms. The lowest BCUT2D eigenvalue weighted by atomic mass is 9.94. The number of benzene rings is 2. The van der Waals surface area contributed by atoms with Crippen LogP contribution in [-0.2, 0) is 84.8 Å². The van der Waals surface area contributed by atoms with Crippen LogP contribution in [0.1, 0.15) is 164 Å². The van der Waals surface area contributed by atoms with Gasteiger partial charge in [-0.3, -0.25) is 77.1 Å². The number of likely N-dealkylation sites (N-methyl/N-ethyl adjacent to an activating group) is 1. The van der Waals surface area contributed by atoms with Crippen molar-refractivity contribution < 1.29 is 92.3 Å². The molecule has 654 valence electrons. The second-order valence-corrected chi connectivity index (χ2v) is 31.0. The highest BCUT2D eigenvalue weighted by atomic mass is 32.2. The molecule has 25 N–H and O–H groups in total. The average molecular weight is 1670 g/mol. The number of thioether (sulfide) groups is 1. The monoisotopic (exact) mass is 1670 g/mol. The van der Waals surface area contributed by atoms with Crippen LogP contribution in [0.15, 0.2) is 70.6 Å². The molecule has 39 heteroatoms. The number of hydrogen-bond acceptors (Lipinski definition) is 20. The van der Waals surface area contributed by atoms with Crippen molar-refractivity contribution in [2.45, 2.75) is 244 Å². The molecule has 0 aliphatic rings. The predicted octanol–water partition coefficient (Wildman–Crippen LogP) is -1.53. The molecule has 0 aromatic heterocycles. The van der Waals surface area contributed by atoms with Gasteiger partial charge in [0.05, 0.1) is 19.1 Å². The average Bonchev–Trinajstić information content (AvgIpc) is 0.825. The molecule has 0 saturated heterocycles. The van der Waals surface area contributed by atoms with Gasteiger partial charge in [-0.2, -0.15) is 11.8 Å². The molecule has 16 atom stereocenters. The summed E-state index contributed by atoms with van der Waals surface area (Å²) in [5, 5.41) is 68.8. The van der Waals surface area contributed by atoms with Gasteiger partial charge in [-0.1, -0.05) is 149 Å². The van der Waals surface area contributed by atoms with Crippen LogP contribution in [-0.4, -0.2) is 243 Å². The summed E-state index contributed by atoms with van der Waals surface area (Å²) in [6.07, 6.45) is 0.264. The number of amides is 12. The SMILES string of the molecule is CC[C@H](C)[C@H](NC(=O)[C@H](CCCN=C(N)N)NC(=O)[C@H](CO)NC(=O)[C@H]([C@@H](C)CC)N(C)C(=O)[C@H](CCCN=C(N)N)NC(=O)[C@H](CCSC)NC(=O)[C@@H](N)CCC(=O)O)C(=O)N[C@H](C(=O)N[C@@H](CC(C)C)C(=O)N[C@@H](CC(=O)O)C(=O)N[C@@H](Cc1ccccc1)C(=O)N[C@@H](CC(C)C)C(=O)N[C@@H](Cc1ccccc1)C(=O)O)[C@@H](C)CC. The summed E-state index contributed by atoms with van der Waals surface area (Å²) in [4.78, 5) is 218. The van der Waals surface area contributed by atoms with Crippen LogP contribution in [0.5, 0.6) is 0 Å². The molecule has 38 nitrogen and oxygen atoms in total. The number of aliphatic hydroxyl groups excluding tert-OH is 1. The number of rotatable bonds is 56. The Bertz CT molecular complexity index is 3650. The Morgan fingerprint density at radius 1 is 0.427 bits per heavy atom. The van der Waals surface area contributed by atoms with E-state index >= 15 is 0 Å². The summed E-state index contributed by atoms with van der Waals surface area (Å²) in [6.45, 7) is 15.9. The van der Waals surface area contributed by atoms with Gasteiger partial charge < -0.3 is 112 Å². The third kappa shape index (κ3) is 37.8. The Balaban J connectivity index is 2.58. The van der Waals surface area contributed by atoms with Crippen molar-refractivity contribution in [2.75, 3.05) is 38.8 Å². The van der Waals surface area contributed by atoms with E-state index in [2.05, 4.69) is 68.5 Å². The van der Waals surface area contributed by atoms with Crippen molar-refractivity contribution in [3.63, 3.8) is 0 Å². The van der Waals surface area contributed by atoms with E-state index in [4.69, 9.17) is 33.8 Å². The van der Waals surface area contributed by atoms with E-state index < -0.39 is 205 Å². The second kappa shape index (κ2) is 53.5. The molecule has 0 radical (unpaired) electrons. The molecule has 117 heavy (non-hydrogen) atoms. The molecule has 0 saturated carbocycles. The molecule has 12 amide bonds. The number of carbonyl (C=O) groups is 15. The van der Waals surface area contributed by atoms with Crippen molar-refractivity contribution in [1.29, 1.82) is 0 Å². The maximum atomic E-state index is 14.8. The zero-order valence-electron chi connectivity index (χ0n) is 69.2. The largest absolute Gasteiger partial charge is 0.481 e. The summed E-state index contributed by atoms with van der Waals surface area (Å²) in [6, 6.07) is -2.46. The Labute approximate surface area is 688 Å². The molecule has 2 aromatic rings. The normalized spacial score (nSPS) is 15.3. The Hall–Kier alpha value is -10.7. The van der Waals surface area contributed by atoms with Crippen LogP contribution in [0.3, 0.4) is 0 Å². The molecular formula is C78H127N19O19S. The summed E-state index contributed by atoms with van der Waals surface area (Å²) >= 11 is 1.35. The van der Waals surface area contributed by atoms with E-state index in [-0.39, 0.29) is 120 Å². The van der Waals surface area contributed by atoms with Crippen molar-refractivity contribution in [1.82, 2.24) is 63.4 Å². The van der Waals surface area contributed by atoms with E-state index in [9.17, 15) is 87.2 Å². The Kier molecular flexibility index (Phi) is 46.8. The number of aliphatic carboxylic acids is 3. The topological polar surface area (TPSA) is 627 Å². The van der Waals surface area contributed by atoms with Crippen LogP contribution in [0, 0.1) is 29.6 Å². The Morgan fingerprint density at radius 3 is 1.25 bits per heavy atom. The van der Waals surface area contributed by atoms with Crippen LogP contribution >= 0.6 is 11.8 Å². The highest BCUT2D eigenvalue weighted by Gasteiger charge is 2.41. The summed E-state index contributed by atoms with van der Waals surface area (Å²) in [7, 11) is 1.28. The first-order chi connectivity index (χ1) is 55.1. The quantitative estimate of drug-likeness (QED) is 0.0203. The number of nitrogens with one attached hydrogen (secondary N) is 11. The number of nitrogens with two attached hydrogens (primary N) is 5. The van der Waals surface area contributed by atoms with E-state index in [1.807, 2.05) is 0 Å². The minimum Gasteiger partial charge on any atom is -0.481 e. The lowest BCUT2D eigenvalue weighted by Gasteiger charge is -2.35. The van der Waals surface area contributed by atoms with Crippen molar-refractivity contribution in [2.24, 2.45) is 68.2 Å². The summed E-state index contributed by atoms with van der Waals surface area (Å²) < 4.78 is 0. The molecular weight excluding hydrogens is 1540 g/mol. The highest BCUT2D eigenvalue weighted by Crippen LogP contribution is 2.20. The predicted molar refractivity (Wildman–Crippen MR) is 440 cm³/mol. The number of aliphatic hydroxyl groups is 1. The van der Waals surface area contributed by atoms with Crippen LogP contribution < -0.4 is 87.2 Å². The van der Waals surface area contributed by atoms with E-state index in [0.717, 1.165) is 4.90 Å². The van der Waals surface area contributed by atoms with Gasteiger partial charge in [0.15, 0.2) is 11.9 Å². The van der Waals surface area contributed by atoms with Crippen LogP contribution in [0.25, 0.3) is 0 Å². The molecule has 0 aliphatic carbocycles. The number of carbonyl (C=O) groups excluding carboxylic acids is 12. The fraction of sp³-hybridized carbons (Fsp3) is 0.628. The van der Waals surface area contributed by atoms with Gasteiger partial charge in [0.25, 0.3) is 0 Å². The Morgan fingerprint density at radius 2 is 0.795 bits per heavy atom. The maximum Gasteiger partial charge on any atom is 0.326 e. The number of guanidine groups is 2. The van der Waals surface area contributed by atoms with Gasteiger partial charge in [-0.15, -0.1) is 0 Å². The summed E-state index contributed by atoms with van der Waals surface area (Å²) in [5.41, 5.74) is 29.4. The first kappa shape index (κ1) is 102. The minimum atomic E-state index is -1.91. The number of carboxylic acid groups (broad SMARTS) is 3. The summed E-state index contributed by atoms with van der Waals surface area (Å²) in [5.74, 6) is -18.2. The van der Waals surface area contributed by atoms with E-state index in [1.165, 1.54) is 18.8 Å². The molecule has 0 spiro atoms. The molecule has 0 fully saturated rings. The highest BCUT2D eigenvalue weighted by molar-refractivity contribution is 7.98. The van der Waals surface area contributed by atoms with Gasteiger partial charge >= 0.3 is 17.9 Å². The second-order valence-electron chi connectivity index (χ2n) is 30.0. The zero-order valence-corrected chi connectivity index (χ0v) is 70.0. The van der Waals surface area contributed by atoms with Gasteiger partial charge in [-0.25, -0.2) is 4.79 Å². The van der Waals surface area contributed by atoms with Crippen LogP contribution in [0.4, 0.5) is 0 Å². The smallest absolute Gasteiger partial charge is 0.326 e. The van der Waals surface area contributed by atoms with Crippen molar-refractivity contribution >= 4 is 112 Å². The van der Waals surface area contributed by atoms with Gasteiger partial charge in [0.2, 0.25) is 70.9 Å². The van der Waals surface area contributed by atoms with E-state index in [1.54, 1.807) is 136 Å². The molecule has 0 aliphatic heterocycles. The van der Waals surface area contributed by atoms with Crippen molar-refractivity contribution in [3.05, 3.63) is 71.8 Å². The van der Waals surface area contributed by atoms with E-state index in [0.29, 0.717) is 16.9 Å². The van der Waals surface area contributed by atoms with Gasteiger partial charge in [-0.05, 0) is 104 Å². The number of aliphatic imine (C=N–C) groups is 2. The lowest BCUT2D eigenvalue weighted by molar-refractivity contribution is -0.145. The zero-order chi connectivity index (χ0) is 88.3. The van der Waals surface area contributed by atoms with Crippen LogP contribution in [0.2, 0.25) is 0 Å². The molecule has 0 heterocycles. The number of nitrogens with zero attached hydrogens (tertiary/aromatic N) is 3. The van der Waals surface area contributed by atoms with Gasteiger partial charge in [0.1, 0.15) is 72.5 Å². The maximum absolute atomic E-state index is 14.8. The fourth-order valence-electron chi connectivity index (χ4n) is 12.3. The van der Waals surface area contributed by atoms with Crippen molar-refractivity contribution in [3.8, 4) is 0 Å². The fourth-order valence-corrected chi connectivity index (χ4v) is 12.8. The third-order valence-electron chi connectivity index (χ3n) is 19.5. The molecule has 0 unspecified atom stereocenters. The molecule has 2 aromatic carbocycles. The standard InChI is InChI=1S/C78H127N19O19S/c1-13-44(8)61(72(111)92-54(37-43(6)7)67(106)91-56(40-60(101)102)70(109)90-55(38-47-24-18-16-19-25-47)69(108)89-53(36-42(4)5)68(107)93-57(76(115)116)39-48-26-20-17-21-27-48)96-73(112)62(45(9)14-2)95-66(105)50(28-22-33-84-77(80)81)87-71(110)58(41-98)94-74(113)63(46(10)15-3)97(11)75(114)52(29-23-34-85-78(82)83)88-65(104)51(32-35-117-12)86-64(103)49(79)30-31-59(99)100/h16-21,24-27,42-46,49-58,61-63,98H,13-15,22-23,28-41,79H2,1-12H3,(H,86,103)(H,87,110)(H,88,104)(H,89,108)(H,90,109)(H,91,106)(H,92,111)(H,93,107)(H,94,113)(H,95,105)(H,96,112)(H,99,100)(H,101,102)(H,115,116)(H4,80,81,84)(H4,82,83,85)/t44-,45-,46-,49-,50-,51-,52-,53-,54-,55-,56-,57-,58-,61-,62-,63-/m0/s1. The van der Waals surface area contributed by atoms with Gasteiger partial charge in [0, 0.05) is 39.4 Å². The number of hydrogen-bond donors (Lipinski definition) is 20. The minimum absolute atomic E-state index is 0.00446. The first-order valence-electron chi connectivity index (χ1n) is 39.4. The first-order valence-corrected chi connectivity index (χ1v) is 40.8. The molecule has 2 rings (SSSR count). The lowest BCUT2D eigenvalue weighted by Crippen LogP contribution is -2.63.